The molecule has 0 aliphatic heterocycles. The number of allylic oxidation sites excluding steroid dienone is 2. The van der Waals surface area contributed by atoms with Gasteiger partial charge >= 0.3 is 0 Å². The van der Waals surface area contributed by atoms with E-state index in [1.165, 1.54) is 55.8 Å². The van der Waals surface area contributed by atoms with Crippen molar-refractivity contribution >= 4 is 15.9 Å². The molecule has 0 radical (unpaired) electrons. The van der Waals surface area contributed by atoms with Crippen LogP contribution in [0.5, 0.6) is 0 Å². The van der Waals surface area contributed by atoms with Gasteiger partial charge in [-0.15, -0.1) is 0 Å². The first-order chi connectivity index (χ1) is 6.27. The molecule has 0 amide bonds. The average molecular weight is 247 g/mol. The predicted octanol–water partition coefficient (Wildman–Crippen LogP) is 5.43. The largest absolute Gasteiger partial charge is 0.0747 e. The molecular weight excluding hydrogens is 224 g/mol. The molecule has 0 heterocycles. The summed E-state index contributed by atoms with van der Waals surface area (Å²) in [5, 5.41) is 0. The first kappa shape index (κ1) is 13.2. The first-order valence-electron chi connectivity index (χ1n) is 5.59. The Balaban J connectivity index is 2.96. The first-order valence-corrected chi connectivity index (χ1v) is 6.39. The number of hydrogen-bond donors (Lipinski definition) is 0. The molecule has 0 rings (SSSR count). The second-order valence-corrected chi connectivity index (χ2v) is 4.95. The van der Waals surface area contributed by atoms with Crippen molar-refractivity contribution in [3.63, 3.8) is 0 Å². The highest BCUT2D eigenvalue weighted by Gasteiger charge is 1.89. The van der Waals surface area contributed by atoms with Crippen molar-refractivity contribution in [1.29, 1.82) is 0 Å². The van der Waals surface area contributed by atoms with Crippen LogP contribution in [0.2, 0.25) is 0 Å². The van der Waals surface area contributed by atoms with Crippen molar-refractivity contribution in [2.75, 3.05) is 0 Å². The molecule has 0 aromatic rings. The lowest BCUT2D eigenvalue weighted by Crippen LogP contribution is -1.78. The molecule has 0 spiro atoms. The van der Waals surface area contributed by atoms with E-state index in [9.17, 15) is 0 Å². The summed E-state index contributed by atoms with van der Waals surface area (Å²) in [7, 11) is 0. The summed E-state index contributed by atoms with van der Waals surface area (Å²) >= 11 is 3.44. The Morgan fingerprint density at radius 3 is 2.08 bits per heavy atom. The molecule has 13 heavy (non-hydrogen) atoms. The Morgan fingerprint density at radius 1 is 1.00 bits per heavy atom. The topological polar surface area (TPSA) is 0 Å². The molecule has 0 unspecified atom stereocenters. The Hall–Kier alpha value is 0.220. The van der Waals surface area contributed by atoms with Crippen molar-refractivity contribution in [3.8, 4) is 0 Å². The summed E-state index contributed by atoms with van der Waals surface area (Å²) < 4.78 is 1.28. The molecule has 0 aliphatic carbocycles. The van der Waals surface area contributed by atoms with Gasteiger partial charge in [0.1, 0.15) is 0 Å². The normalized spacial score (nSPS) is 12.1. The van der Waals surface area contributed by atoms with E-state index in [0.29, 0.717) is 0 Å². The van der Waals surface area contributed by atoms with Crippen molar-refractivity contribution in [3.05, 3.63) is 10.6 Å². The summed E-state index contributed by atoms with van der Waals surface area (Å²) in [5.74, 6) is 0. The van der Waals surface area contributed by atoms with Gasteiger partial charge in [-0.2, -0.15) is 0 Å². The van der Waals surface area contributed by atoms with E-state index < -0.39 is 0 Å². The van der Waals surface area contributed by atoms with Gasteiger partial charge in [0.25, 0.3) is 0 Å². The highest BCUT2D eigenvalue weighted by atomic mass is 79.9. The maximum Gasteiger partial charge on any atom is -0.0120 e. The van der Waals surface area contributed by atoms with E-state index in [0.717, 1.165) is 0 Å². The second-order valence-electron chi connectivity index (χ2n) is 3.70. The standard InChI is InChI=1S/C12H23Br/c1-3-4-5-6-7-8-9-10-11-12(2)13/h11H,3-10H2,1-2H3/b12-11-. The third-order valence-corrected chi connectivity index (χ3v) is 2.56. The Morgan fingerprint density at radius 2 is 1.54 bits per heavy atom. The van der Waals surface area contributed by atoms with Gasteiger partial charge in [0.15, 0.2) is 0 Å². The van der Waals surface area contributed by atoms with Gasteiger partial charge in [-0.1, -0.05) is 67.5 Å². The van der Waals surface area contributed by atoms with Gasteiger partial charge in [-0.25, -0.2) is 0 Å². The fraction of sp³-hybridized carbons (Fsp3) is 0.833. The Labute approximate surface area is 91.9 Å². The van der Waals surface area contributed by atoms with Crippen LogP contribution in [-0.2, 0) is 0 Å². The van der Waals surface area contributed by atoms with Gasteiger partial charge in [-0.05, 0) is 24.2 Å². The van der Waals surface area contributed by atoms with Gasteiger partial charge in [0.2, 0.25) is 0 Å². The molecule has 0 aromatic carbocycles. The number of unbranched alkanes of at least 4 members (excludes halogenated alkanes) is 7. The fourth-order valence-corrected chi connectivity index (χ4v) is 1.63. The number of hydrogen-bond acceptors (Lipinski definition) is 0. The molecule has 0 saturated carbocycles. The third-order valence-electron chi connectivity index (χ3n) is 2.23. The highest BCUT2D eigenvalue weighted by molar-refractivity contribution is 9.11. The molecule has 0 aromatic heterocycles. The van der Waals surface area contributed by atoms with E-state index in [1.807, 2.05) is 0 Å². The lowest BCUT2D eigenvalue weighted by Gasteiger charge is -1.98. The summed E-state index contributed by atoms with van der Waals surface area (Å²) in [5.41, 5.74) is 0. The zero-order valence-electron chi connectivity index (χ0n) is 9.11. The van der Waals surface area contributed by atoms with E-state index in [2.05, 4.69) is 35.9 Å². The molecule has 0 N–H and O–H groups in total. The van der Waals surface area contributed by atoms with Crippen molar-refractivity contribution in [2.45, 2.75) is 65.2 Å². The Kier molecular flexibility index (Phi) is 10.5. The molecule has 0 nitrogen and oxygen atoms in total. The van der Waals surface area contributed by atoms with E-state index in [1.54, 1.807) is 0 Å². The van der Waals surface area contributed by atoms with Gasteiger partial charge < -0.3 is 0 Å². The van der Waals surface area contributed by atoms with Crippen LogP contribution in [-0.4, -0.2) is 0 Å². The molecule has 78 valence electrons. The zero-order chi connectivity index (χ0) is 9.94. The summed E-state index contributed by atoms with van der Waals surface area (Å²) in [6.45, 7) is 4.37. The molecule has 0 fully saturated rings. The number of rotatable bonds is 8. The van der Waals surface area contributed by atoms with Crippen LogP contribution in [0.25, 0.3) is 0 Å². The average Bonchev–Trinajstić information content (AvgIpc) is 2.09. The lowest BCUT2D eigenvalue weighted by molar-refractivity contribution is 0.592. The molecule has 0 aliphatic rings. The monoisotopic (exact) mass is 246 g/mol. The summed E-state index contributed by atoms with van der Waals surface area (Å²) in [4.78, 5) is 0. The van der Waals surface area contributed by atoms with Crippen LogP contribution in [0.1, 0.15) is 65.2 Å². The van der Waals surface area contributed by atoms with Crippen LogP contribution in [0.4, 0.5) is 0 Å². The predicted molar refractivity (Wildman–Crippen MR) is 65.3 cm³/mol. The van der Waals surface area contributed by atoms with Crippen LogP contribution in [0.3, 0.4) is 0 Å². The second kappa shape index (κ2) is 10.3. The van der Waals surface area contributed by atoms with E-state index in [-0.39, 0.29) is 0 Å². The zero-order valence-corrected chi connectivity index (χ0v) is 10.7. The molecule has 1 heteroatoms. The van der Waals surface area contributed by atoms with E-state index in [4.69, 9.17) is 0 Å². The SMILES string of the molecule is CCCCCCCCC/C=C(/C)Br. The quantitative estimate of drug-likeness (QED) is 0.502. The van der Waals surface area contributed by atoms with Crippen LogP contribution >= 0.6 is 15.9 Å². The summed E-state index contributed by atoms with van der Waals surface area (Å²) in [6, 6.07) is 0. The maximum atomic E-state index is 3.44. The summed E-state index contributed by atoms with van der Waals surface area (Å²) in [6.07, 6.45) is 13.3. The van der Waals surface area contributed by atoms with Crippen LogP contribution < -0.4 is 0 Å². The van der Waals surface area contributed by atoms with Crippen molar-refractivity contribution in [1.82, 2.24) is 0 Å². The minimum atomic E-state index is 1.24. The Bertz CT molecular complexity index is 123. The van der Waals surface area contributed by atoms with Crippen molar-refractivity contribution in [2.24, 2.45) is 0 Å². The molecule has 0 saturated heterocycles. The van der Waals surface area contributed by atoms with Gasteiger partial charge in [0.05, 0.1) is 0 Å². The molecule has 0 bridgehead atoms. The maximum absolute atomic E-state index is 3.44. The minimum absolute atomic E-state index is 1.24. The number of halogens is 1. The van der Waals surface area contributed by atoms with Crippen molar-refractivity contribution < 1.29 is 0 Å². The van der Waals surface area contributed by atoms with Crippen LogP contribution in [0.15, 0.2) is 10.6 Å². The highest BCUT2D eigenvalue weighted by Crippen LogP contribution is 2.10. The smallest absolute Gasteiger partial charge is 0.0120 e. The molecular formula is C12H23Br. The fourth-order valence-electron chi connectivity index (χ4n) is 1.40. The third kappa shape index (κ3) is 12.2. The van der Waals surface area contributed by atoms with Gasteiger partial charge in [-0.3, -0.25) is 0 Å². The molecule has 0 atom stereocenters. The van der Waals surface area contributed by atoms with E-state index >= 15 is 0 Å². The van der Waals surface area contributed by atoms with Crippen LogP contribution in [0, 0.1) is 0 Å². The minimum Gasteiger partial charge on any atom is -0.0747 e. The lowest BCUT2D eigenvalue weighted by atomic mass is 10.1. The van der Waals surface area contributed by atoms with Gasteiger partial charge in [0, 0.05) is 0 Å².